The summed E-state index contributed by atoms with van der Waals surface area (Å²) in [6.07, 6.45) is 6.95. The Hall–Kier alpha value is -0.120. The molecular weight excluding hydrogens is 234 g/mol. The highest BCUT2D eigenvalue weighted by Crippen LogP contribution is 2.23. The fraction of sp³-hybridized carbons (Fsp3) is 1.00. The molecule has 2 fully saturated rings. The first-order valence-corrected chi connectivity index (χ1v) is 8.26. The molecule has 0 radical (unpaired) electrons. The van der Waals surface area contributed by atoms with Crippen LogP contribution in [-0.4, -0.2) is 62.7 Å². The van der Waals surface area contributed by atoms with Crippen LogP contribution < -0.4 is 5.32 Å². The molecule has 2 aliphatic heterocycles. The van der Waals surface area contributed by atoms with Gasteiger partial charge in [0, 0.05) is 12.6 Å². The molecule has 2 aliphatic rings. The lowest BCUT2D eigenvalue weighted by Gasteiger charge is -2.37. The van der Waals surface area contributed by atoms with Crippen molar-refractivity contribution >= 4 is 0 Å². The van der Waals surface area contributed by atoms with E-state index in [4.69, 9.17) is 0 Å². The first kappa shape index (κ1) is 15.3. The third-order valence-electron chi connectivity index (χ3n) is 5.25. The van der Waals surface area contributed by atoms with E-state index in [-0.39, 0.29) is 0 Å². The number of likely N-dealkylation sites (N-methyl/N-ethyl adjacent to an activating group) is 1. The Morgan fingerprint density at radius 1 is 1.26 bits per heavy atom. The zero-order valence-electron chi connectivity index (χ0n) is 13.2. The second-order valence-corrected chi connectivity index (χ2v) is 6.93. The lowest BCUT2D eigenvalue weighted by molar-refractivity contribution is 0.122. The summed E-state index contributed by atoms with van der Waals surface area (Å²) in [5.74, 6) is 1.80. The maximum absolute atomic E-state index is 3.56. The third kappa shape index (κ3) is 4.73. The second kappa shape index (κ2) is 7.61. The number of likely N-dealkylation sites (tertiary alicyclic amines) is 1. The minimum absolute atomic E-state index is 0.778. The second-order valence-electron chi connectivity index (χ2n) is 6.93. The van der Waals surface area contributed by atoms with Gasteiger partial charge in [0.05, 0.1) is 0 Å². The molecule has 0 aromatic carbocycles. The monoisotopic (exact) mass is 267 g/mol. The van der Waals surface area contributed by atoms with E-state index >= 15 is 0 Å². The molecule has 0 aromatic heterocycles. The van der Waals surface area contributed by atoms with Crippen LogP contribution in [0.3, 0.4) is 0 Å². The van der Waals surface area contributed by atoms with Crippen molar-refractivity contribution < 1.29 is 0 Å². The highest BCUT2D eigenvalue weighted by Gasteiger charge is 2.23. The lowest BCUT2D eigenvalue weighted by atomic mass is 9.85. The van der Waals surface area contributed by atoms with Crippen LogP contribution in [-0.2, 0) is 0 Å². The normalized spacial score (nSPS) is 31.6. The molecule has 1 N–H and O–H groups in total. The van der Waals surface area contributed by atoms with Crippen LogP contribution in [0.25, 0.3) is 0 Å². The van der Waals surface area contributed by atoms with Crippen molar-refractivity contribution in [1.29, 1.82) is 0 Å². The molecule has 3 unspecified atom stereocenters. The van der Waals surface area contributed by atoms with Crippen molar-refractivity contribution in [3.8, 4) is 0 Å². The van der Waals surface area contributed by atoms with Crippen molar-refractivity contribution in [2.75, 3.05) is 46.8 Å². The first-order chi connectivity index (χ1) is 9.16. The maximum Gasteiger partial charge on any atom is 0.0217 e. The summed E-state index contributed by atoms with van der Waals surface area (Å²) in [5, 5.41) is 3.56. The van der Waals surface area contributed by atoms with E-state index in [1.807, 2.05) is 0 Å². The van der Waals surface area contributed by atoms with Gasteiger partial charge in [-0.2, -0.15) is 0 Å². The molecule has 0 amide bonds. The minimum atomic E-state index is 0.778. The van der Waals surface area contributed by atoms with E-state index in [2.05, 4.69) is 36.1 Å². The van der Waals surface area contributed by atoms with Gasteiger partial charge in [0.1, 0.15) is 0 Å². The van der Waals surface area contributed by atoms with Gasteiger partial charge in [-0.3, -0.25) is 0 Å². The molecule has 3 heteroatoms. The van der Waals surface area contributed by atoms with Gasteiger partial charge in [0.15, 0.2) is 0 Å². The Morgan fingerprint density at radius 2 is 2.11 bits per heavy atom. The summed E-state index contributed by atoms with van der Waals surface area (Å²) >= 11 is 0. The van der Waals surface area contributed by atoms with E-state index in [1.165, 1.54) is 64.8 Å². The van der Waals surface area contributed by atoms with Gasteiger partial charge in [-0.15, -0.1) is 0 Å². The molecule has 2 heterocycles. The van der Waals surface area contributed by atoms with Crippen LogP contribution in [0.1, 0.15) is 39.0 Å². The lowest BCUT2D eigenvalue weighted by Crippen LogP contribution is -2.45. The first-order valence-electron chi connectivity index (χ1n) is 8.26. The highest BCUT2D eigenvalue weighted by atomic mass is 15.2. The fourth-order valence-electron chi connectivity index (χ4n) is 3.64. The standard InChI is InChI=1S/C16H33N3/c1-14(15-6-4-9-17-12-15)8-11-19-10-5-7-16(13-19)18(2)3/h14-17H,4-13H2,1-3H3. The third-order valence-corrected chi connectivity index (χ3v) is 5.25. The zero-order valence-corrected chi connectivity index (χ0v) is 13.2. The molecule has 3 atom stereocenters. The molecule has 19 heavy (non-hydrogen) atoms. The number of rotatable bonds is 5. The Morgan fingerprint density at radius 3 is 2.79 bits per heavy atom. The number of hydrogen-bond donors (Lipinski definition) is 1. The summed E-state index contributed by atoms with van der Waals surface area (Å²) in [7, 11) is 4.45. The van der Waals surface area contributed by atoms with Gasteiger partial charge in [0.25, 0.3) is 0 Å². The molecule has 0 saturated carbocycles. The van der Waals surface area contributed by atoms with E-state index < -0.39 is 0 Å². The molecule has 0 aliphatic carbocycles. The van der Waals surface area contributed by atoms with Crippen molar-refractivity contribution in [2.24, 2.45) is 11.8 Å². The zero-order chi connectivity index (χ0) is 13.7. The van der Waals surface area contributed by atoms with Gasteiger partial charge in [-0.25, -0.2) is 0 Å². The Kier molecular flexibility index (Phi) is 6.11. The van der Waals surface area contributed by atoms with E-state index in [9.17, 15) is 0 Å². The molecule has 2 saturated heterocycles. The topological polar surface area (TPSA) is 18.5 Å². The Labute approximate surface area is 119 Å². The van der Waals surface area contributed by atoms with E-state index in [0.29, 0.717) is 0 Å². The summed E-state index contributed by atoms with van der Waals surface area (Å²) in [5.41, 5.74) is 0. The van der Waals surface area contributed by atoms with Crippen molar-refractivity contribution in [2.45, 2.75) is 45.1 Å². The molecule has 0 spiro atoms. The van der Waals surface area contributed by atoms with Gasteiger partial charge in [0.2, 0.25) is 0 Å². The van der Waals surface area contributed by atoms with E-state index in [1.54, 1.807) is 0 Å². The van der Waals surface area contributed by atoms with Crippen molar-refractivity contribution in [1.82, 2.24) is 15.1 Å². The summed E-state index contributed by atoms with van der Waals surface area (Å²) in [6, 6.07) is 0.778. The van der Waals surface area contributed by atoms with Gasteiger partial charge in [-0.1, -0.05) is 6.92 Å². The predicted molar refractivity (Wildman–Crippen MR) is 82.5 cm³/mol. The molecule has 112 valence electrons. The fourth-order valence-corrected chi connectivity index (χ4v) is 3.64. The molecule has 0 bridgehead atoms. The average molecular weight is 267 g/mol. The highest BCUT2D eigenvalue weighted by molar-refractivity contribution is 4.80. The maximum atomic E-state index is 3.56. The summed E-state index contributed by atoms with van der Waals surface area (Å²) in [6.45, 7) is 8.86. The number of hydrogen-bond acceptors (Lipinski definition) is 3. The van der Waals surface area contributed by atoms with Gasteiger partial charge >= 0.3 is 0 Å². The SMILES string of the molecule is CC(CCN1CCCC(N(C)C)C1)C1CCCNC1. The van der Waals surface area contributed by atoms with Crippen molar-refractivity contribution in [3.63, 3.8) is 0 Å². The molecule has 3 nitrogen and oxygen atoms in total. The number of piperidine rings is 2. The van der Waals surface area contributed by atoms with Crippen molar-refractivity contribution in [3.05, 3.63) is 0 Å². The minimum Gasteiger partial charge on any atom is -0.316 e. The molecule has 0 aromatic rings. The van der Waals surface area contributed by atoms with Crippen LogP contribution >= 0.6 is 0 Å². The Balaban J connectivity index is 1.69. The number of nitrogens with zero attached hydrogens (tertiary/aromatic N) is 2. The van der Waals surface area contributed by atoms with Crippen LogP contribution in [0.4, 0.5) is 0 Å². The van der Waals surface area contributed by atoms with Gasteiger partial charge < -0.3 is 15.1 Å². The van der Waals surface area contributed by atoms with Crippen LogP contribution in [0, 0.1) is 11.8 Å². The average Bonchev–Trinajstić information content (AvgIpc) is 2.46. The summed E-state index contributed by atoms with van der Waals surface area (Å²) in [4.78, 5) is 5.10. The molecular formula is C16H33N3. The molecule has 2 rings (SSSR count). The van der Waals surface area contributed by atoms with Crippen LogP contribution in [0.5, 0.6) is 0 Å². The largest absolute Gasteiger partial charge is 0.316 e. The quantitative estimate of drug-likeness (QED) is 0.822. The smallest absolute Gasteiger partial charge is 0.0217 e. The number of nitrogens with one attached hydrogen (secondary N) is 1. The van der Waals surface area contributed by atoms with E-state index in [0.717, 1.165) is 17.9 Å². The Bertz CT molecular complexity index is 248. The van der Waals surface area contributed by atoms with Crippen LogP contribution in [0.2, 0.25) is 0 Å². The van der Waals surface area contributed by atoms with Gasteiger partial charge in [-0.05, 0) is 84.2 Å². The van der Waals surface area contributed by atoms with Crippen LogP contribution in [0.15, 0.2) is 0 Å². The predicted octanol–water partition coefficient (Wildman–Crippen LogP) is 2.04. The summed E-state index contributed by atoms with van der Waals surface area (Å²) < 4.78 is 0.